The predicted octanol–water partition coefficient (Wildman–Crippen LogP) is 4.11. The molecule has 0 bridgehead atoms. The number of hydrogen-bond donors (Lipinski definition) is 1. The van der Waals surface area contributed by atoms with E-state index in [0.29, 0.717) is 6.04 Å². The van der Waals surface area contributed by atoms with Gasteiger partial charge in [0.25, 0.3) is 0 Å². The van der Waals surface area contributed by atoms with Crippen LogP contribution in [0.2, 0.25) is 0 Å². The van der Waals surface area contributed by atoms with Gasteiger partial charge in [0.15, 0.2) is 0 Å². The first kappa shape index (κ1) is 14.9. The lowest BCUT2D eigenvalue weighted by atomic mass is 9.92. The number of aryl methyl sites for hydroxylation is 1. The van der Waals surface area contributed by atoms with Crippen molar-refractivity contribution in [3.63, 3.8) is 0 Å². The van der Waals surface area contributed by atoms with Gasteiger partial charge in [-0.15, -0.1) is 0 Å². The Kier molecular flexibility index (Phi) is 4.57. The Morgan fingerprint density at radius 1 is 1.42 bits per heavy atom. The van der Waals surface area contributed by atoms with E-state index in [-0.39, 0.29) is 5.54 Å². The van der Waals surface area contributed by atoms with Crippen LogP contribution in [-0.4, -0.2) is 24.7 Å². The molecule has 1 saturated heterocycles. The standard InChI is InChI=1S/C16H25BrN2/c1-5-14-10-18-16(4,6-2)11-19(14)15-9-13(17)8-7-12(15)3/h7-9,14,18H,5-6,10-11H2,1-4H3. The number of benzene rings is 1. The highest BCUT2D eigenvalue weighted by atomic mass is 79.9. The van der Waals surface area contributed by atoms with Crippen LogP contribution in [0, 0.1) is 6.92 Å². The summed E-state index contributed by atoms with van der Waals surface area (Å²) in [6.45, 7) is 11.2. The number of nitrogens with zero attached hydrogens (tertiary/aromatic N) is 1. The zero-order valence-electron chi connectivity index (χ0n) is 12.5. The molecule has 0 aromatic heterocycles. The number of rotatable bonds is 3. The summed E-state index contributed by atoms with van der Waals surface area (Å²) in [5.74, 6) is 0. The van der Waals surface area contributed by atoms with E-state index in [4.69, 9.17) is 0 Å². The zero-order valence-corrected chi connectivity index (χ0v) is 14.0. The molecule has 0 amide bonds. The van der Waals surface area contributed by atoms with Gasteiger partial charge in [-0.25, -0.2) is 0 Å². The fourth-order valence-corrected chi connectivity index (χ4v) is 3.16. The van der Waals surface area contributed by atoms with Crippen molar-refractivity contribution in [2.45, 2.75) is 52.1 Å². The molecular weight excluding hydrogens is 300 g/mol. The maximum absolute atomic E-state index is 3.73. The first-order valence-corrected chi connectivity index (χ1v) is 8.06. The molecule has 1 heterocycles. The summed E-state index contributed by atoms with van der Waals surface area (Å²) in [7, 11) is 0. The van der Waals surface area contributed by atoms with Crippen LogP contribution in [-0.2, 0) is 0 Å². The van der Waals surface area contributed by atoms with E-state index in [9.17, 15) is 0 Å². The van der Waals surface area contributed by atoms with Gasteiger partial charge in [0.05, 0.1) is 0 Å². The Morgan fingerprint density at radius 2 is 2.16 bits per heavy atom. The molecule has 0 radical (unpaired) electrons. The van der Waals surface area contributed by atoms with Crippen molar-refractivity contribution in [1.29, 1.82) is 0 Å². The van der Waals surface area contributed by atoms with Crippen molar-refractivity contribution in [3.8, 4) is 0 Å². The van der Waals surface area contributed by atoms with E-state index in [0.717, 1.165) is 19.5 Å². The second-order valence-corrected chi connectivity index (χ2v) is 6.83. The highest BCUT2D eigenvalue weighted by Crippen LogP contribution is 2.31. The summed E-state index contributed by atoms with van der Waals surface area (Å²) in [5.41, 5.74) is 2.96. The van der Waals surface area contributed by atoms with Crippen molar-refractivity contribution in [2.24, 2.45) is 0 Å². The fraction of sp³-hybridized carbons (Fsp3) is 0.625. The third kappa shape index (κ3) is 3.14. The lowest BCUT2D eigenvalue weighted by Crippen LogP contribution is -2.62. The molecule has 2 nitrogen and oxygen atoms in total. The lowest BCUT2D eigenvalue weighted by Gasteiger charge is -2.47. The van der Waals surface area contributed by atoms with Crippen molar-refractivity contribution >= 4 is 21.6 Å². The Labute approximate surface area is 125 Å². The van der Waals surface area contributed by atoms with Crippen LogP contribution in [0.5, 0.6) is 0 Å². The van der Waals surface area contributed by atoms with E-state index in [1.54, 1.807) is 0 Å². The molecule has 2 unspecified atom stereocenters. The van der Waals surface area contributed by atoms with Crippen LogP contribution in [0.4, 0.5) is 5.69 Å². The number of halogens is 1. The summed E-state index contributed by atoms with van der Waals surface area (Å²) in [4.78, 5) is 2.60. The third-order valence-corrected chi connectivity index (χ3v) is 4.95. The van der Waals surface area contributed by atoms with E-state index >= 15 is 0 Å². The first-order valence-electron chi connectivity index (χ1n) is 7.27. The molecule has 2 atom stereocenters. The van der Waals surface area contributed by atoms with Crippen LogP contribution in [0.25, 0.3) is 0 Å². The summed E-state index contributed by atoms with van der Waals surface area (Å²) < 4.78 is 1.17. The smallest absolute Gasteiger partial charge is 0.0413 e. The van der Waals surface area contributed by atoms with E-state index in [1.807, 2.05) is 0 Å². The molecule has 106 valence electrons. The number of piperazine rings is 1. The SMILES string of the molecule is CCC1CNC(C)(CC)CN1c1cc(Br)ccc1C. The minimum absolute atomic E-state index is 0.223. The summed E-state index contributed by atoms with van der Waals surface area (Å²) in [6.07, 6.45) is 2.34. The second-order valence-electron chi connectivity index (χ2n) is 5.92. The number of hydrogen-bond acceptors (Lipinski definition) is 2. The van der Waals surface area contributed by atoms with Crippen molar-refractivity contribution in [3.05, 3.63) is 28.2 Å². The van der Waals surface area contributed by atoms with Crippen molar-refractivity contribution in [2.75, 3.05) is 18.0 Å². The van der Waals surface area contributed by atoms with Crippen LogP contribution in [0.3, 0.4) is 0 Å². The van der Waals surface area contributed by atoms with Gasteiger partial charge in [-0.3, -0.25) is 0 Å². The van der Waals surface area contributed by atoms with Crippen LogP contribution >= 0.6 is 15.9 Å². The van der Waals surface area contributed by atoms with Crippen molar-refractivity contribution in [1.82, 2.24) is 5.32 Å². The molecule has 1 fully saturated rings. The van der Waals surface area contributed by atoms with E-state index in [2.05, 4.69) is 72.0 Å². The average molecular weight is 325 g/mol. The normalized spacial score (nSPS) is 27.6. The van der Waals surface area contributed by atoms with E-state index < -0.39 is 0 Å². The molecule has 2 rings (SSSR count). The molecule has 0 aliphatic carbocycles. The summed E-state index contributed by atoms with van der Waals surface area (Å²) in [5, 5.41) is 3.73. The van der Waals surface area contributed by atoms with Crippen LogP contribution in [0.1, 0.15) is 39.2 Å². The fourth-order valence-electron chi connectivity index (χ4n) is 2.81. The quantitative estimate of drug-likeness (QED) is 0.899. The second kappa shape index (κ2) is 5.84. The highest BCUT2D eigenvalue weighted by molar-refractivity contribution is 9.10. The Hall–Kier alpha value is -0.540. The van der Waals surface area contributed by atoms with Gasteiger partial charge in [0, 0.05) is 34.8 Å². The number of nitrogens with one attached hydrogen (secondary N) is 1. The van der Waals surface area contributed by atoms with Crippen molar-refractivity contribution < 1.29 is 0 Å². The van der Waals surface area contributed by atoms with Gasteiger partial charge in [0.2, 0.25) is 0 Å². The minimum atomic E-state index is 0.223. The van der Waals surface area contributed by atoms with Crippen LogP contribution < -0.4 is 10.2 Å². The third-order valence-electron chi connectivity index (χ3n) is 4.46. The molecule has 1 aliphatic heterocycles. The molecule has 1 aromatic carbocycles. The molecule has 3 heteroatoms. The van der Waals surface area contributed by atoms with Gasteiger partial charge < -0.3 is 10.2 Å². The molecule has 19 heavy (non-hydrogen) atoms. The minimum Gasteiger partial charge on any atom is -0.365 e. The highest BCUT2D eigenvalue weighted by Gasteiger charge is 2.34. The van der Waals surface area contributed by atoms with Gasteiger partial charge in [0.1, 0.15) is 0 Å². The largest absolute Gasteiger partial charge is 0.365 e. The van der Waals surface area contributed by atoms with Gasteiger partial charge in [-0.05, 0) is 44.4 Å². The maximum atomic E-state index is 3.73. The Morgan fingerprint density at radius 3 is 2.79 bits per heavy atom. The molecule has 1 N–H and O–H groups in total. The van der Waals surface area contributed by atoms with Gasteiger partial charge in [-0.2, -0.15) is 0 Å². The van der Waals surface area contributed by atoms with Gasteiger partial charge >= 0.3 is 0 Å². The lowest BCUT2D eigenvalue weighted by molar-refractivity contribution is 0.276. The summed E-state index contributed by atoms with van der Waals surface area (Å²) in [6, 6.07) is 7.19. The monoisotopic (exact) mass is 324 g/mol. The average Bonchev–Trinajstić information content (AvgIpc) is 2.41. The Bertz CT molecular complexity index is 446. The summed E-state index contributed by atoms with van der Waals surface area (Å²) >= 11 is 3.61. The molecule has 0 saturated carbocycles. The first-order chi connectivity index (χ1) is 8.99. The van der Waals surface area contributed by atoms with Crippen LogP contribution in [0.15, 0.2) is 22.7 Å². The molecule has 0 spiro atoms. The predicted molar refractivity (Wildman–Crippen MR) is 87.0 cm³/mol. The molecule has 1 aliphatic rings. The Balaban J connectivity index is 2.35. The number of anilines is 1. The zero-order chi connectivity index (χ0) is 14.0. The van der Waals surface area contributed by atoms with Gasteiger partial charge in [-0.1, -0.05) is 35.8 Å². The van der Waals surface area contributed by atoms with E-state index in [1.165, 1.54) is 22.1 Å². The molecule has 1 aromatic rings. The maximum Gasteiger partial charge on any atom is 0.0413 e. The molecular formula is C16H25BrN2. The topological polar surface area (TPSA) is 15.3 Å².